The van der Waals surface area contributed by atoms with Crippen LogP contribution < -0.4 is 0 Å². The van der Waals surface area contributed by atoms with Crippen molar-refractivity contribution < 1.29 is 4.39 Å². The molecule has 0 spiro atoms. The van der Waals surface area contributed by atoms with Gasteiger partial charge in [-0.15, -0.1) is 0 Å². The molecule has 0 aliphatic carbocycles. The van der Waals surface area contributed by atoms with Crippen molar-refractivity contribution in [2.75, 3.05) is 0 Å². The highest BCUT2D eigenvalue weighted by Crippen LogP contribution is 1.88. The molecule has 1 rings (SSSR count). The maximum Gasteiger partial charge on any atom is 0.308 e. The zero-order chi connectivity index (χ0) is 7.98. The summed E-state index contributed by atoms with van der Waals surface area (Å²) in [5, 5.41) is 0. The number of aryl methyl sites for hydroxylation is 1. The van der Waals surface area contributed by atoms with Gasteiger partial charge in [0.15, 0.2) is 0 Å². The Hall–Kier alpha value is -0.990. The maximum absolute atomic E-state index is 11.9. The van der Waals surface area contributed by atoms with Crippen molar-refractivity contribution in [3.8, 4) is 0 Å². The van der Waals surface area contributed by atoms with Crippen molar-refractivity contribution in [3.63, 3.8) is 0 Å². The van der Waals surface area contributed by atoms with E-state index in [1.165, 1.54) is 6.20 Å². The first-order valence-electron chi connectivity index (χ1n) is 3.24. The molecule has 1 heterocycles. The highest BCUT2D eigenvalue weighted by atomic mass is 19.1. The largest absolute Gasteiger partial charge is 0.308 e. The van der Waals surface area contributed by atoms with Crippen LogP contribution in [-0.4, -0.2) is 9.97 Å². The van der Waals surface area contributed by atoms with Gasteiger partial charge in [-0.1, -0.05) is 13.8 Å². The summed E-state index contributed by atoms with van der Waals surface area (Å²) in [5.41, 5.74) is 0.650. The van der Waals surface area contributed by atoms with Gasteiger partial charge in [-0.3, -0.25) is 0 Å². The molecule has 0 radical (unpaired) electrons. The quantitative estimate of drug-likeness (QED) is 0.517. The predicted molar refractivity (Wildman–Crippen MR) is 38.1 cm³/mol. The molecule has 0 aliphatic heterocycles. The van der Waals surface area contributed by atoms with E-state index in [9.17, 15) is 4.39 Å². The average molecular weight is 142 g/mol. The van der Waals surface area contributed by atoms with Gasteiger partial charge in [0.2, 0.25) is 0 Å². The molecule has 10 heavy (non-hydrogen) atoms. The summed E-state index contributed by atoms with van der Waals surface area (Å²) in [6, 6.07) is 1.64. The minimum Gasteiger partial charge on any atom is -0.211 e. The molecule has 0 fully saturated rings. The van der Waals surface area contributed by atoms with E-state index < -0.39 is 6.08 Å². The summed E-state index contributed by atoms with van der Waals surface area (Å²) in [6.07, 6.45) is 0.725. The highest BCUT2D eigenvalue weighted by Gasteiger charge is 1.87. The van der Waals surface area contributed by atoms with Crippen molar-refractivity contribution in [2.45, 2.75) is 20.8 Å². The molecule has 0 saturated heterocycles. The van der Waals surface area contributed by atoms with Crippen molar-refractivity contribution in [1.29, 1.82) is 0 Å². The van der Waals surface area contributed by atoms with E-state index in [-0.39, 0.29) is 0 Å². The standard InChI is InChI=1S/C5H5FN2.C2H6/c1-4-2-3-7-5(6)8-4;1-2/h2-3H,1H3;1-2H3. The monoisotopic (exact) mass is 142 g/mol. The summed E-state index contributed by atoms with van der Waals surface area (Å²) < 4.78 is 11.9. The number of nitrogens with zero attached hydrogens (tertiary/aromatic N) is 2. The SMILES string of the molecule is CC.Cc1ccnc(F)n1. The molecule has 0 aromatic carbocycles. The molecule has 0 N–H and O–H groups in total. The Kier molecular flexibility index (Phi) is 4.37. The Morgan fingerprint density at radius 1 is 1.40 bits per heavy atom. The minimum atomic E-state index is -0.662. The van der Waals surface area contributed by atoms with E-state index in [0.717, 1.165) is 0 Å². The molecular weight excluding hydrogens is 131 g/mol. The van der Waals surface area contributed by atoms with Crippen LogP contribution in [0, 0.1) is 13.0 Å². The molecule has 0 amide bonds. The van der Waals surface area contributed by atoms with E-state index in [2.05, 4.69) is 9.97 Å². The van der Waals surface area contributed by atoms with Crippen LogP contribution in [0.1, 0.15) is 19.5 Å². The van der Waals surface area contributed by atoms with Crippen LogP contribution in [0.25, 0.3) is 0 Å². The van der Waals surface area contributed by atoms with Gasteiger partial charge in [0.25, 0.3) is 0 Å². The topological polar surface area (TPSA) is 25.8 Å². The second-order valence-electron chi connectivity index (χ2n) is 1.47. The average Bonchev–Trinajstić information content (AvgIpc) is 1.91. The molecular formula is C7H11FN2. The minimum absolute atomic E-state index is 0.650. The number of aromatic nitrogens is 2. The van der Waals surface area contributed by atoms with Gasteiger partial charge < -0.3 is 0 Å². The number of halogens is 1. The van der Waals surface area contributed by atoms with Crippen LogP contribution in [0.2, 0.25) is 0 Å². The van der Waals surface area contributed by atoms with Crippen molar-refractivity contribution in [2.24, 2.45) is 0 Å². The van der Waals surface area contributed by atoms with Crippen LogP contribution in [0.5, 0.6) is 0 Å². The van der Waals surface area contributed by atoms with E-state index in [1.807, 2.05) is 13.8 Å². The normalized spacial score (nSPS) is 8.00. The Balaban J connectivity index is 0.000000371. The van der Waals surface area contributed by atoms with Gasteiger partial charge in [0.05, 0.1) is 0 Å². The first-order chi connectivity index (χ1) is 4.79. The van der Waals surface area contributed by atoms with Crippen LogP contribution >= 0.6 is 0 Å². The van der Waals surface area contributed by atoms with Crippen molar-refractivity contribution in [3.05, 3.63) is 24.0 Å². The first kappa shape index (κ1) is 9.01. The highest BCUT2D eigenvalue weighted by molar-refractivity contribution is 4.93. The molecule has 0 aliphatic rings. The van der Waals surface area contributed by atoms with Crippen molar-refractivity contribution >= 4 is 0 Å². The molecule has 1 aromatic heterocycles. The predicted octanol–water partition coefficient (Wildman–Crippen LogP) is 1.95. The number of hydrogen-bond donors (Lipinski definition) is 0. The van der Waals surface area contributed by atoms with Gasteiger partial charge >= 0.3 is 6.08 Å². The lowest BCUT2D eigenvalue weighted by Gasteiger charge is -1.85. The van der Waals surface area contributed by atoms with E-state index in [1.54, 1.807) is 13.0 Å². The Morgan fingerprint density at radius 2 is 2.00 bits per heavy atom. The molecule has 0 saturated carbocycles. The Bertz CT molecular complexity index is 171. The lowest BCUT2D eigenvalue weighted by molar-refractivity contribution is 0.535. The van der Waals surface area contributed by atoms with Gasteiger partial charge in [-0.25, -0.2) is 9.97 Å². The number of hydrogen-bond acceptors (Lipinski definition) is 2. The molecule has 3 heteroatoms. The second kappa shape index (κ2) is 4.85. The van der Waals surface area contributed by atoms with Crippen LogP contribution in [0.3, 0.4) is 0 Å². The molecule has 56 valence electrons. The second-order valence-corrected chi connectivity index (χ2v) is 1.47. The summed E-state index contributed by atoms with van der Waals surface area (Å²) in [4.78, 5) is 6.66. The van der Waals surface area contributed by atoms with Crippen LogP contribution in [0.15, 0.2) is 12.3 Å². The molecule has 0 bridgehead atoms. The maximum atomic E-state index is 11.9. The summed E-state index contributed by atoms with van der Waals surface area (Å²) in [6.45, 7) is 5.71. The molecule has 0 unspecified atom stereocenters. The lowest BCUT2D eigenvalue weighted by atomic mass is 10.5. The van der Waals surface area contributed by atoms with Gasteiger partial charge in [0.1, 0.15) is 0 Å². The third kappa shape index (κ3) is 3.12. The van der Waals surface area contributed by atoms with Gasteiger partial charge in [-0.05, 0) is 13.0 Å². The molecule has 1 aromatic rings. The smallest absolute Gasteiger partial charge is 0.211 e. The van der Waals surface area contributed by atoms with Gasteiger partial charge in [-0.2, -0.15) is 4.39 Å². The third-order valence-corrected chi connectivity index (χ3v) is 0.765. The molecule has 0 atom stereocenters. The fourth-order valence-corrected chi connectivity index (χ4v) is 0.418. The lowest BCUT2D eigenvalue weighted by Crippen LogP contribution is -1.88. The fraction of sp³-hybridized carbons (Fsp3) is 0.429. The Labute approximate surface area is 60.1 Å². The van der Waals surface area contributed by atoms with E-state index >= 15 is 0 Å². The number of rotatable bonds is 0. The van der Waals surface area contributed by atoms with Crippen LogP contribution in [0.4, 0.5) is 4.39 Å². The summed E-state index contributed by atoms with van der Waals surface area (Å²) >= 11 is 0. The Morgan fingerprint density at radius 3 is 2.30 bits per heavy atom. The zero-order valence-electron chi connectivity index (χ0n) is 6.43. The van der Waals surface area contributed by atoms with Crippen molar-refractivity contribution in [1.82, 2.24) is 9.97 Å². The van der Waals surface area contributed by atoms with Crippen LogP contribution in [-0.2, 0) is 0 Å². The first-order valence-corrected chi connectivity index (χ1v) is 3.24. The third-order valence-electron chi connectivity index (χ3n) is 0.765. The molecule has 2 nitrogen and oxygen atoms in total. The summed E-state index contributed by atoms with van der Waals surface area (Å²) in [5.74, 6) is 0. The van der Waals surface area contributed by atoms with E-state index in [4.69, 9.17) is 0 Å². The van der Waals surface area contributed by atoms with E-state index in [0.29, 0.717) is 5.69 Å². The fourth-order valence-electron chi connectivity index (χ4n) is 0.418. The van der Waals surface area contributed by atoms with Gasteiger partial charge in [0, 0.05) is 11.9 Å². The zero-order valence-corrected chi connectivity index (χ0v) is 6.43. The summed E-state index contributed by atoms with van der Waals surface area (Å²) in [7, 11) is 0.